The maximum atomic E-state index is 5.88. The molecule has 0 aromatic rings. The Morgan fingerprint density at radius 1 is 1.45 bits per heavy atom. The molecule has 1 nitrogen and oxygen atoms in total. The predicted molar refractivity (Wildman–Crippen MR) is 50.7 cm³/mol. The van der Waals surface area contributed by atoms with Gasteiger partial charge in [0.25, 0.3) is 0 Å². The lowest BCUT2D eigenvalue weighted by atomic mass is 10.2. The Morgan fingerprint density at radius 3 is 2.45 bits per heavy atom. The first-order chi connectivity index (χ1) is 5.22. The van der Waals surface area contributed by atoms with Crippen molar-refractivity contribution >= 4 is 8.32 Å². The molecule has 1 atom stereocenters. The van der Waals surface area contributed by atoms with Crippen molar-refractivity contribution in [2.75, 3.05) is 0 Å². The van der Waals surface area contributed by atoms with Crippen LogP contribution >= 0.6 is 0 Å². The summed E-state index contributed by atoms with van der Waals surface area (Å²) in [5.74, 6) is 0. The Bertz CT molecular complexity index is 157. The normalized spacial score (nSPS) is 29.4. The van der Waals surface area contributed by atoms with Crippen LogP contribution < -0.4 is 0 Å². The number of hydrogen-bond donors (Lipinski definition) is 0. The van der Waals surface area contributed by atoms with Crippen molar-refractivity contribution in [3.05, 3.63) is 24.6 Å². The molecule has 0 N–H and O–H groups in total. The van der Waals surface area contributed by atoms with Crippen LogP contribution in [0.4, 0.5) is 0 Å². The van der Waals surface area contributed by atoms with Gasteiger partial charge in [0.2, 0.25) is 8.32 Å². The highest BCUT2D eigenvalue weighted by Crippen LogP contribution is 2.27. The van der Waals surface area contributed by atoms with Gasteiger partial charge in [-0.25, -0.2) is 0 Å². The van der Waals surface area contributed by atoms with E-state index in [0.29, 0.717) is 6.10 Å². The third-order valence-electron chi connectivity index (χ3n) is 2.29. The summed E-state index contributed by atoms with van der Waals surface area (Å²) < 4.78 is 5.88. The minimum Gasteiger partial charge on any atom is -0.407 e. The van der Waals surface area contributed by atoms with E-state index in [1.54, 1.807) is 0 Å². The van der Waals surface area contributed by atoms with E-state index in [0.717, 1.165) is 0 Å². The second-order valence-electron chi connectivity index (χ2n) is 3.18. The van der Waals surface area contributed by atoms with Gasteiger partial charge in [-0.05, 0) is 19.4 Å². The van der Waals surface area contributed by atoms with Gasteiger partial charge in [-0.15, -0.1) is 13.2 Å². The molecule has 1 saturated heterocycles. The maximum absolute atomic E-state index is 5.88. The molecule has 0 spiro atoms. The summed E-state index contributed by atoms with van der Waals surface area (Å²) >= 11 is 0. The SMILES string of the molecule is C=C[Si]1(C=C)CCCC(C)O1. The van der Waals surface area contributed by atoms with Crippen LogP contribution in [0.2, 0.25) is 6.04 Å². The van der Waals surface area contributed by atoms with Crippen molar-refractivity contribution < 1.29 is 4.43 Å². The Labute approximate surface area is 69.9 Å². The van der Waals surface area contributed by atoms with Gasteiger partial charge in [-0.3, -0.25) is 0 Å². The van der Waals surface area contributed by atoms with E-state index in [2.05, 4.69) is 20.1 Å². The van der Waals surface area contributed by atoms with Crippen molar-refractivity contribution in [3.8, 4) is 0 Å². The fraction of sp³-hybridized carbons (Fsp3) is 0.556. The molecule has 0 amide bonds. The highest BCUT2D eigenvalue weighted by Gasteiger charge is 2.32. The summed E-state index contributed by atoms with van der Waals surface area (Å²) in [6.45, 7) is 9.79. The summed E-state index contributed by atoms with van der Waals surface area (Å²) in [5.41, 5.74) is 3.99. The summed E-state index contributed by atoms with van der Waals surface area (Å²) in [6.07, 6.45) is 2.87. The topological polar surface area (TPSA) is 9.23 Å². The minimum absolute atomic E-state index is 0.409. The molecule has 2 heteroatoms. The van der Waals surface area contributed by atoms with E-state index in [1.807, 2.05) is 11.4 Å². The molecule has 1 unspecified atom stereocenters. The zero-order chi connectivity index (χ0) is 8.32. The van der Waals surface area contributed by atoms with Crippen LogP contribution in [-0.2, 0) is 4.43 Å². The number of hydrogen-bond acceptors (Lipinski definition) is 1. The molecule has 1 fully saturated rings. The molecule has 0 aliphatic carbocycles. The van der Waals surface area contributed by atoms with Crippen molar-refractivity contribution in [2.24, 2.45) is 0 Å². The molecular weight excluding hydrogens is 152 g/mol. The average molecular weight is 168 g/mol. The average Bonchev–Trinajstić information content (AvgIpc) is 2.04. The summed E-state index contributed by atoms with van der Waals surface area (Å²) in [5, 5.41) is 0. The number of rotatable bonds is 2. The van der Waals surface area contributed by atoms with E-state index in [9.17, 15) is 0 Å². The fourth-order valence-corrected chi connectivity index (χ4v) is 4.05. The van der Waals surface area contributed by atoms with Crippen LogP contribution in [0.25, 0.3) is 0 Å². The van der Waals surface area contributed by atoms with Crippen LogP contribution in [0.1, 0.15) is 19.8 Å². The molecule has 62 valence electrons. The lowest BCUT2D eigenvalue weighted by molar-refractivity contribution is 0.185. The minimum atomic E-state index is -1.67. The van der Waals surface area contributed by atoms with E-state index in [1.165, 1.54) is 18.9 Å². The largest absolute Gasteiger partial charge is 0.407 e. The Hall–Kier alpha value is -0.343. The second-order valence-corrected chi connectivity index (χ2v) is 6.65. The quantitative estimate of drug-likeness (QED) is 0.576. The van der Waals surface area contributed by atoms with Gasteiger partial charge in [-0.2, -0.15) is 0 Å². The molecule has 0 aromatic carbocycles. The molecule has 1 aliphatic heterocycles. The van der Waals surface area contributed by atoms with Crippen LogP contribution in [0.15, 0.2) is 24.6 Å². The first-order valence-electron chi connectivity index (χ1n) is 4.17. The zero-order valence-electron chi connectivity index (χ0n) is 7.18. The summed E-state index contributed by atoms with van der Waals surface area (Å²) in [4.78, 5) is 0. The Balaban J connectivity index is 2.67. The molecule has 1 heterocycles. The summed E-state index contributed by atoms with van der Waals surface area (Å²) in [6, 6.07) is 1.17. The predicted octanol–water partition coefficient (Wildman–Crippen LogP) is 2.58. The lowest BCUT2D eigenvalue weighted by Crippen LogP contribution is -2.41. The molecule has 0 bridgehead atoms. The van der Waals surface area contributed by atoms with Crippen LogP contribution in [0.5, 0.6) is 0 Å². The highest BCUT2D eigenvalue weighted by atomic mass is 28.4. The molecule has 0 aromatic heterocycles. The molecule has 1 aliphatic rings. The van der Waals surface area contributed by atoms with E-state index in [-0.39, 0.29) is 0 Å². The smallest absolute Gasteiger partial charge is 0.240 e. The van der Waals surface area contributed by atoms with E-state index < -0.39 is 8.32 Å². The van der Waals surface area contributed by atoms with Gasteiger partial charge in [0.05, 0.1) is 0 Å². The van der Waals surface area contributed by atoms with Crippen molar-refractivity contribution in [2.45, 2.75) is 31.9 Å². The van der Waals surface area contributed by atoms with Gasteiger partial charge in [-0.1, -0.05) is 17.8 Å². The molecule has 1 rings (SSSR count). The van der Waals surface area contributed by atoms with Gasteiger partial charge < -0.3 is 4.43 Å². The van der Waals surface area contributed by atoms with Crippen molar-refractivity contribution in [1.82, 2.24) is 0 Å². The first kappa shape index (κ1) is 8.75. The molecule has 0 saturated carbocycles. The van der Waals surface area contributed by atoms with Gasteiger partial charge in [0, 0.05) is 6.10 Å². The molecule has 11 heavy (non-hydrogen) atoms. The summed E-state index contributed by atoms with van der Waals surface area (Å²) in [7, 11) is -1.67. The Morgan fingerprint density at radius 2 is 2.09 bits per heavy atom. The third-order valence-corrected chi connectivity index (χ3v) is 5.65. The first-order valence-corrected chi connectivity index (χ1v) is 6.44. The van der Waals surface area contributed by atoms with E-state index in [4.69, 9.17) is 4.43 Å². The van der Waals surface area contributed by atoms with Crippen molar-refractivity contribution in [3.63, 3.8) is 0 Å². The van der Waals surface area contributed by atoms with Gasteiger partial charge >= 0.3 is 0 Å². The van der Waals surface area contributed by atoms with E-state index >= 15 is 0 Å². The van der Waals surface area contributed by atoms with Crippen LogP contribution in [-0.4, -0.2) is 14.4 Å². The molecule has 0 radical (unpaired) electrons. The van der Waals surface area contributed by atoms with Crippen LogP contribution in [0, 0.1) is 0 Å². The van der Waals surface area contributed by atoms with Gasteiger partial charge in [0.1, 0.15) is 0 Å². The van der Waals surface area contributed by atoms with Crippen LogP contribution in [0.3, 0.4) is 0 Å². The fourth-order valence-electron chi connectivity index (χ4n) is 1.54. The lowest BCUT2D eigenvalue weighted by Gasteiger charge is -2.33. The zero-order valence-corrected chi connectivity index (χ0v) is 8.18. The monoisotopic (exact) mass is 168 g/mol. The van der Waals surface area contributed by atoms with Crippen molar-refractivity contribution in [1.29, 1.82) is 0 Å². The Kier molecular flexibility index (Phi) is 2.68. The second kappa shape index (κ2) is 3.37. The standard InChI is InChI=1S/C9H16OSi/c1-4-11(5-2)8-6-7-9(3)10-11/h4-5,9H,1-2,6-8H2,3H3. The molecular formula is C9H16OSi. The maximum Gasteiger partial charge on any atom is 0.240 e. The highest BCUT2D eigenvalue weighted by molar-refractivity contribution is 6.83. The third kappa shape index (κ3) is 1.82. The van der Waals surface area contributed by atoms with Gasteiger partial charge in [0.15, 0.2) is 0 Å².